The van der Waals surface area contributed by atoms with Crippen molar-refractivity contribution >= 4 is 11.6 Å². The molecule has 0 aliphatic heterocycles. The Hall–Kier alpha value is -1.33. The van der Waals surface area contributed by atoms with Crippen LogP contribution in [0.15, 0.2) is 23.8 Å². The van der Waals surface area contributed by atoms with Crippen LogP contribution < -0.4 is 0 Å². The average molecular weight is 390 g/mol. The monoisotopic (exact) mass is 390 g/mol. The van der Waals surface area contributed by atoms with Gasteiger partial charge < -0.3 is 10.2 Å². The van der Waals surface area contributed by atoms with Crippen LogP contribution in [0.5, 0.6) is 0 Å². The Morgan fingerprint density at radius 3 is 2.64 bits per heavy atom. The number of aliphatic hydroxyl groups excluding tert-OH is 1. The zero-order chi connectivity index (χ0) is 20.7. The summed E-state index contributed by atoms with van der Waals surface area (Å²) in [4.78, 5) is 24.6. The molecule has 0 amide bonds. The molecule has 4 aliphatic rings. The molecule has 0 heterocycles. The molecule has 4 aliphatic carbocycles. The van der Waals surface area contributed by atoms with Crippen molar-refractivity contribution in [2.75, 3.05) is 0 Å². The van der Waals surface area contributed by atoms with Gasteiger partial charge in [0.2, 0.25) is 0 Å². The fourth-order valence-corrected chi connectivity index (χ4v) is 7.52. The molecular weight excluding hydrogens is 359 g/mol. The van der Waals surface area contributed by atoms with E-state index < -0.39 is 34.1 Å². The maximum atomic E-state index is 17.1. The molecule has 4 nitrogen and oxygen atoms in total. The summed E-state index contributed by atoms with van der Waals surface area (Å²) in [5.74, 6) is -1.54. The lowest BCUT2D eigenvalue weighted by Crippen LogP contribution is -2.67. The number of carbonyl (C=O) groups is 2. The molecule has 3 fully saturated rings. The molecule has 3 saturated carbocycles. The van der Waals surface area contributed by atoms with Crippen molar-refractivity contribution in [3.8, 4) is 0 Å². The molecule has 0 saturated heterocycles. The third-order valence-electron chi connectivity index (χ3n) is 8.95. The van der Waals surface area contributed by atoms with Gasteiger partial charge in [0.15, 0.2) is 17.2 Å². The van der Waals surface area contributed by atoms with E-state index in [1.54, 1.807) is 19.1 Å². The summed E-state index contributed by atoms with van der Waals surface area (Å²) in [6.45, 7) is 7.29. The van der Waals surface area contributed by atoms with E-state index >= 15 is 4.39 Å². The van der Waals surface area contributed by atoms with E-state index in [9.17, 15) is 19.8 Å². The zero-order valence-corrected chi connectivity index (χ0v) is 17.2. The number of Topliss-reactive ketones (excluding diaryl/α,β-unsaturated/α-hetero) is 1. The smallest absolute Gasteiger partial charge is 0.178 e. The Morgan fingerprint density at radius 1 is 1.32 bits per heavy atom. The molecule has 2 N–H and O–H groups in total. The molecule has 0 aromatic rings. The molecule has 28 heavy (non-hydrogen) atoms. The lowest BCUT2D eigenvalue weighted by molar-refractivity contribution is -0.202. The number of rotatable bonds is 2. The summed E-state index contributed by atoms with van der Waals surface area (Å²) < 4.78 is 17.1. The second-order valence-electron chi connectivity index (χ2n) is 9.94. The lowest BCUT2D eigenvalue weighted by Gasteiger charge is -2.63. The first kappa shape index (κ1) is 20.0. The Morgan fingerprint density at radius 2 is 2.00 bits per heavy atom. The van der Waals surface area contributed by atoms with Crippen LogP contribution in [-0.4, -0.2) is 39.2 Å². The van der Waals surface area contributed by atoms with Crippen LogP contribution in [0.2, 0.25) is 0 Å². The Bertz CT molecular complexity index is 802. The van der Waals surface area contributed by atoms with Gasteiger partial charge in [-0.15, -0.1) is 0 Å². The van der Waals surface area contributed by atoms with Gasteiger partial charge in [0.25, 0.3) is 0 Å². The highest BCUT2D eigenvalue weighted by molar-refractivity contribution is 6.01. The van der Waals surface area contributed by atoms with Gasteiger partial charge in [-0.25, -0.2) is 4.39 Å². The van der Waals surface area contributed by atoms with Gasteiger partial charge in [0.05, 0.1) is 6.10 Å². The summed E-state index contributed by atoms with van der Waals surface area (Å²) in [5, 5.41) is 22.2. The van der Waals surface area contributed by atoms with Crippen LogP contribution in [0.25, 0.3) is 0 Å². The maximum absolute atomic E-state index is 17.1. The fourth-order valence-electron chi connectivity index (χ4n) is 7.52. The molecular formula is C23H31FO4. The van der Waals surface area contributed by atoms with Gasteiger partial charge in [0.1, 0.15) is 5.67 Å². The summed E-state index contributed by atoms with van der Waals surface area (Å²) in [7, 11) is 0. The zero-order valence-electron chi connectivity index (χ0n) is 17.2. The van der Waals surface area contributed by atoms with Gasteiger partial charge >= 0.3 is 0 Å². The molecule has 0 bridgehead atoms. The topological polar surface area (TPSA) is 74.6 Å². The van der Waals surface area contributed by atoms with Crippen LogP contribution in [0.3, 0.4) is 0 Å². The minimum Gasteiger partial charge on any atom is -0.390 e. The van der Waals surface area contributed by atoms with E-state index in [0.29, 0.717) is 19.3 Å². The third-order valence-corrected chi connectivity index (χ3v) is 8.95. The van der Waals surface area contributed by atoms with Crippen molar-refractivity contribution in [2.24, 2.45) is 28.6 Å². The molecule has 154 valence electrons. The summed E-state index contributed by atoms with van der Waals surface area (Å²) >= 11 is 0. The van der Waals surface area contributed by atoms with Gasteiger partial charge in [-0.1, -0.05) is 32.4 Å². The summed E-state index contributed by atoms with van der Waals surface area (Å²) in [5.41, 5.74) is -4.29. The van der Waals surface area contributed by atoms with E-state index in [2.05, 4.69) is 0 Å². The van der Waals surface area contributed by atoms with E-state index in [4.69, 9.17) is 0 Å². The average Bonchev–Trinajstić information content (AvgIpc) is 2.84. The van der Waals surface area contributed by atoms with Crippen molar-refractivity contribution in [1.29, 1.82) is 0 Å². The van der Waals surface area contributed by atoms with Gasteiger partial charge in [-0.05, 0) is 62.5 Å². The Labute approximate surface area is 165 Å². The number of alkyl halides is 1. The highest BCUT2D eigenvalue weighted by Gasteiger charge is 2.75. The first-order chi connectivity index (χ1) is 13.0. The number of halogens is 1. The van der Waals surface area contributed by atoms with Crippen molar-refractivity contribution in [3.05, 3.63) is 23.8 Å². The minimum atomic E-state index is -1.82. The molecule has 4 rings (SSSR count). The predicted octanol–water partition coefficient (Wildman–Crippen LogP) is 3.31. The van der Waals surface area contributed by atoms with E-state index in [0.717, 1.165) is 5.57 Å². The molecule has 0 unspecified atom stereocenters. The van der Waals surface area contributed by atoms with E-state index in [1.165, 1.54) is 6.08 Å². The van der Waals surface area contributed by atoms with Crippen LogP contribution in [0.4, 0.5) is 4.39 Å². The molecule has 5 heteroatoms. The number of allylic oxidation sites excluding steroid dienone is 4. The first-order valence-corrected chi connectivity index (χ1v) is 10.5. The van der Waals surface area contributed by atoms with Crippen LogP contribution in [0.1, 0.15) is 59.8 Å². The lowest BCUT2D eigenvalue weighted by atomic mass is 9.43. The van der Waals surface area contributed by atoms with Crippen LogP contribution in [0, 0.1) is 28.6 Å². The van der Waals surface area contributed by atoms with Gasteiger partial charge in [0, 0.05) is 17.3 Å². The second-order valence-corrected chi connectivity index (χ2v) is 9.94. The number of aliphatic hydroxyl groups is 2. The Kier molecular flexibility index (Phi) is 4.17. The van der Waals surface area contributed by atoms with Crippen molar-refractivity contribution < 1.29 is 24.2 Å². The van der Waals surface area contributed by atoms with Gasteiger partial charge in [-0.3, -0.25) is 9.59 Å². The van der Waals surface area contributed by atoms with Gasteiger partial charge in [-0.2, -0.15) is 0 Å². The maximum Gasteiger partial charge on any atom is 0.178 e. The van der Waals surface area contributed by atoms with Crippen LogP contribution in [-0.2, 0) is 9.59 Å². The largest absolute Gasteiger partial charge is 0.390 e. The third kappa shape index (κ3) is 2.02. The van der Waals surface area contributed by atoms with Crippen molar-refractivity contribution in [2.45, 2.75) is 77.2 Å². The number of fused-ring (bicyclic) bond motifs is 5. The highest BCUT2D eigenvalue weighted by Crippen LogP contribution is 2.71. The molecule has 0 aromatic carbocycles. The van der Waals surface area contributed by atoms with Crippen molar-refractivity contribution in [3.63, 3.8) is 0 Å². The fraction of sp³-hybridized carbons (Fsp3) is 0.739. The SMILES string of the molecule is CCC(=O)[C@@]1(O)[C@H](O)C[C@H]2[C@@H]3CCC4=CC(=O)C=C[C@]4(C)[C@@]3(F)[C@@H](C)C[C@@]21C. The van der Waals surface area contributed by atoms with Crippen molar-refractivity contribution in [1.82, 2.24) is 0 Å². The number of ketones is 2. The first-order valence-electron chi connectivity index (χ1n) is 10.5. The Balaban J connectivity index is 1.84. The second kappa shape index (κ2) is 5.85. The quantitative estimate of drug-likeness (QED) is 0.759. The number of carbonyl (C=O) groups excluding carboxylic acids is 2. The summed E-state index contributed by atoms with van der Waals surface area (Å²) in [6.07, 6.45) is 5.50. The summed E-state index contributed by atoms with van der Waals surface area (Å²) in [6, 6.07) is 0. The molecule has 8 atom stereocenters. The van der Waals surface area contributed by atoms with Crippen LogP contribution >= 0.6 is 0 Å². The predicted molar refractivity (Wildman–Crippen MR) is 103 cm³/mol. The molecule has 0 aromatic heterocycles. The minimum absolute atomic E-state index is 0.0953. The van der Waals surface area contributed by atoms with E-state index in [1.807, 2.05) is 20.8 Å². The normalized spacial score (nSPS) is 52.5. The number of hydrogen-bond acceptors (Lipinski definition) is 4. The molecule has 0 radical (unpaired) electrons. The standard InChI is InChI=1S/C23H31FO4/c1-5-18(26)23(28)19(27)11-17-16-7-6-14-10-15(25)8-9-20(14,3)22(16,24)13(2)12-21(17,23)4/h8-10,13,16-17,19,27-28H,5-7,11-12H2,1-4H3/t13-,16-,17-,19+,20-,21-,22+,23+/m0/s1. The highest BCUT2D eigenvalue weighted by atomic mass is 19.1. The van der Waals surface area contributed by atoms with E-state index in [-0.39, 0.29) is 36.2 Å². The molecule has 0 spiro atoms. The number of hydrogen-bond donors (Lipinski definition) is 2.